The molecule has 0 aliphatic carbocycles. The van der Waals surface area contributed by atoms with Crippen molar-refractivity contribution in [2.75, 3.05) is 0 Å². The van der Waals surface area contributed by atoms with E-state index in [2.05, 4.69) is 9.97 Å². The van der Waals surface area contributed by atoms with Crippen LogP contribution in [0.5, 0.6) is 0 Å². The first-order chi connectivity index (χ1) is 5.75. The van der Waals surface area contributed by atoms with Crippen LogP contribution in [0, 0.1) is 4.77 Å². The Morgan fingerprint density at radius 1 is 1.42 bits per heavy atom. The molecule has 0 radical (unpaired) electrons. The van der Waals surface area contributed by atoms with Crippen molar-refractivity contribution < 1.29 is 0 Å². The third kappa shape index (κ3) is 1.46. The Balaban J connectivity index is 2.50. The average molecular weight is 217 g/mol. The second kappa shape index (κ2) is 3.05. The molecular weight excluding hydrogens is 212 g/mol. The molecule has 2 aromatic rings. The topological polar surface area (TPSA) is 31.6 Å². The van der Waals surface area contributed by atoms with Gasteiger partial charge in [-0.25, -0.2) is 0 Å². The van der Waals surface area contributed by atoms with E-state index < -0.39 is 0 Å². The van der Waals surface area contributed by atoms with Crippen LogP contribution in [0.1, 0.15) is 0 Å². The largest absolute Gasteiger partial charge is 0.337 e. The number of H-pyrrole nitrogens is 2. The summed E-state index contributed by atoms with van der Waals surface area (Å²) in [6, 6.07) is 3.83. The fraction of sp³-hybridized carbons (Fsp3) is 0. The van der Waals surface area contributed by atoms with Gasteiger partial charge in [-0.1, -0.05) is 11.6 Å². The molecule has 2 heterocycles. The molecule has 0 saturated heterocycles. The molecule has 62 valence electrons. The number of thiophene rings is 1. The van der Waals surface area contributed by atoms with E-state index in [1.54, 1.807) is 0 Å². The quantitative estimate of drug-likeness (QED) is 0.703. The highest BCUT2D eigenvalue weighted by Crippen LogP contribution is 2.29. The Labute approximate surface area is 83.2 Å². The second-order valence-corrected chi connectivity index (χ2v) is 4.38. The van der Waals surface area contributed by atoms with Gasteiger partial charge in [-0.15, -0.1) is 11.3 Å². The molecule has 5 heteroatoms. The third-order valence-corrected chi connectivity index (χ3v) is 2.92. The molecule has 2 aromatic heterocycles. The van der Waals surface area contributed by atoms with Crippen molar-refractivity contribution in [3.8, 4) is 10.6 Å². The van der Waals surface area contributed by atoms with Crippen LogP contribution in [0.2, 0.25) is 4.34 Å². The molecule has 2 N–H and O–H groups in total. The van der Waals surface area contributed by atoms with Crippen molar-refractivity contribution in [2.24, 2.45) is 0 Å². The predicted molar refractivity (Wildman–Crippen MR) is 54.3 cm³/mol. The van der Waals surface area contributed by atoms with Crippen LogP contribution < -0.4 is 0 Å². The van der Waals surface area contributed by atoms with E-state index in [-0.39, 0.29) is 0 Å². The summed E-state index contributed by atoms with van der Waals surface area (Å²) < 4.78 is 1.42. The monoisotopic (exact) mass is 216 g/mol. The lowest BCUT2D eigenvalue weighted by atomic mass is 10.4. The van der Waals surface area contributed by atoms with E-state index in [9.17, 15) is 0 Å². The van der Waals surface area contributed by atoms with Crippen molar-refractivity contribution in [1.82, 2.24) is 9.97 Å². The molecule has 0 unspecified atom stereocenters. The highest BCUT2D eigenvalue weighted by Gasteiger charge is 2.01. The first kappa shape index (κ1) is 8.04. The van der Waals surface area contributed by atoms with Gasteiger partial charge >= 0.3 is 0 Å². The summed E-state index contributed by atoms with van der Waals surface area (Å²) >= 11 is 12.2. The maximum atomic E-state index is 5.79. The summed E-state index contributed by atoms with van der Waals surface area (Å²) in [5, 5.41) is 0. The van der Waals surface area contributed by atoms with Gasteiger partial charge in [-0.2, -0.15) is 0 Å². The van der Waals surface area contributed by atoms with Gasteiger partial charge in [0.05, 0.1) is 14.9 Å². The minimum Gasteiger partial charge on any atom is -0.337 e. The molecule has 0 aliphatic heterocycles. The Kier molecular flexibility index (Phi) is 2.04. The molecule has 0 aliphatic rings. The van der Waals surface area contributed by atoms with Crippen LogP contribution in [0.4, 0.5) is 0 Å². The Bertz CT molecular complexity index is 440. The normalized spacial score (nSPS) is 10.4. The van der Waals surface area contributed by atoms with Gasteiger partial charge in [-0.3, -0.25) is 0 Å². The Hall–Kier alpha value is -0.580. The lowest BCUT2D eigenvalue weighted by molar-refractivity contribution is 1.27. The van der Waals surface area contributed by atoms with Gasteiger partial charge in [0.15, 0.2) is 4.77 Å². The highest BCUT2D eigenvalue weighted by atomic mass is 35.5. The van der Waals surface area contributed by atoms with Gasteiger partial charge < -0.3 is 9.97 Å². The molecule has 0 fully saturated rings. The molecule has 0 aromatic carbocycles. The SMILES string of the molecule is S=c1[nH]cc(-c2ccc(Cl)s2)[nH]1. The minimum atomic E-state index is 0.634. The number of aromatic amines is 2. The molecule has 2 nitrogen and oxygen atoms in total. The summed E-state index contributed by atoms with van der Waals surface area (Å²) in [5.41, 5.74) is 0.983. The van der Waals surface area contributed by atoms with Gasteiger partial charge in [0.1, 0.15) is 0 Å². The Morgan fingerprint density at radius 2 is 2.25 bits per heavy atom. The number of rotatable bonds is 1. The molecule has 2 rings (SSSR count). The zero-order valence-electron chi connectivity index (χ0n) is 5.93. The van der Waals surface area contributed by atoms with E-state index in [4.69, 9.17) is 23.8 Å². The maximum Gasteiger partial charge on any atom is 0.174 e. The van der Waals surface area contributed by atoms with Gasteiger partial charge in [0, 0.05) is 6.20 Å². The first-order valence-corrected chi connectivity index (χ1v) is 4.89. The van der Waals surface area contributed by atoms with Crippen molar-refractivity contribution in [1.29, 1.82) is 0 Å². The number of hydrogen-bond donors (Lipinski definition) is 2. The van der Waals surface area contributed by atoms with Crippen molar-refractivity contribution in [3.63, 3.8) is 0 Å². The number of imidazole rings is 1. The summed E-state index contributed by atoms with van der Waals surface area (Å²) in [6.45, 7) is 0. The fourth-order valence-corrected chi connectivity index (χ4v) is 2.11. The number of hydrogen-bond acceptors (Lipinski definition) is 2. The van der Waals surface area contributed by atoms with Crippen LogP contribution in [-0.4, -0.2) is 9.97 Å². The van der Waals surface area contributed by atoms with Crippen molar-refractivity contribution in [3.05, 3.63) is 27.4 Å². The second-order valence-electron chi connectivity index (χ2n) is 2.26. The van der Waals surface area contributed by atoms with Crippen LogP contribution in [-0.2, 0) is 0 Å². The summed E-state index contributed by atoms with van der Waals surface area (Å²) in [4.78, 5) is 7.01. The van der Waals surface area contributed by atoms with E-state index in [1.807, 2.05) is 18.3 Å². The van der Waals surface area contributed by atoms with Crippen LogP contribution in [0.3, 0.4) is 0 Å². The van der Waals surface area contributed by atoms with E-state index >= 15 is 0 Å². The lowest BCUT2D eigenvalue weighted by Gasteiger charge is -1.86. The summed E-state index contributed by atoms with van der Waals surface area (Å²) in [6.07, 6.45) is 1.84. The average Bonchev–Trinajstić information content (AvgIpc) is 2.58. The van der Waals surface area contributed by atoms with Gasteiger partial charge in [-0.05, 0) is 24.4 Å². The van der Waals surface area contributed by atoms with Gasteiger partial charge in [0.2, 0.25) is 0 Å². The van der Waals surface area contributed by atoms with E-state index in [0.29, 0.717) is 4.77 Å². The molecule has 0 amide bonds. The standard InChI is InChI=1S/C7H5ClN2S2/c8-6-2-1-5(12-6)4-3-9-7(11)10-4/h1-3H,(H2,9,10,11). The van der Waals surface area contributed by atoms with E-state index in [0.717, 1.165) is 14.9 Å². The first-order valence-electron chi connectivity index (χ1n) is 3.29. The predicted octanol–water partition coefficient (Wildman–Crippen LogP) is 3.45. The number of nitrogens with one attached hydrogen (secondary N) is 2. The highest BCUT2D eigenvalue weighted by molar-refractivity contribution is 7.71. The third-order valence-electron chi connectivity index (χ3n) is 1.43. The van der Waals surface area contributed by atoms with Crippen LogP contribution >= 0.6 is 35.2 Å². The van der Waals surface area contributed by atoms with E-state index in [1.165, 1.54) is 11.3 Å². The molecular formula is C7H5ClN2S2. The smallest absolute Gasteiger partial charge is 0.174 e. The zero-order chi connectivity index (χ0) is 8.55. The summed E-state index contributed by atoms with van der Waals surface area (Å²) in [5.74, 6) is 0. The fourth-order valence-electron chi connectivity index (χ4n) is 0.924. The molecule has 0 bridgehead atoms. The molecule has 0 spiro atoms. The summed E-state index contributed by atoms with van der Waals surface area (Å²) in [7, 11) is 0. The molecule has 12 heavy (non-hydrogen) atoms. The zero-order valence-corrected chi connectivity index (χ0v) is 8.32. The van der Waals surface area contributed by atoms with Crippen LogP contribution in [0.25, 0.3) is 10.6 Å². The lowest BCUT2D eigenvalue weighted by Crippen LogP contribution is -1.67. The number of aromatic nitrogens is 2. The minimum absolute atomic E-state index is 0.634. The van der Waals surface area contributed by atoms with Crippen molar-refractivity contribution >= 4 is 35.2 Å². The Morgan fingerprint density at radius 3 is 2.75 bits per heavy atom. The maximum absolute atomic E-state index is 5.79. The van der Waals surface area contributed by atoms with Crippen molar-refractivity contribution in [2.45, 2.75) is 0 Å². The van der Waals surface area contributed by atoms with Gasteiger partial charge in [0.25, 0.3) is 0 Å². The molecule has 0 atom stereocenters. The van der Waals surface area contributed by atoms with Crippen LogP contribution in [0.15, 0.2) is 18.3 Å². The number of halogens is 1. The molecule has 0 saturated carbocycles.